The van der Waals surface area contributed by atoms with Gasteiger partial charge in [-0.15, -0.1) is 0 Å². The number of hydrogen-bond donors (Lipinski definition) is 1. The maximum absolute atomic E-state index is 13.8. The van der Waals surface area contributed by atoms with Crippen LogP contribution in [0.1, 0.15) is 11.1 Å². The van der Waals surface area contributed by atoms with Crippen LogP contribution in [0.5, 0.6) is 0 Å². The first-order chi connectivity index (χ1) is 9.90. The Labute approximate surface area is 118 Å². The minimum absolute atomic E-state index is 0.000283. The second-order valence-corrected chi connectivity index (χ2v) is 4.44. The maximum Gasteiger partial charge on any atom is 0.274 e. The van der Waals surface area contributed by atoms with Crippen molar-refractivity contribution < 1.29 is 18.1 Å². The van der Waals surface area contributed by atoms with Crippen molar-refractivity contribution in [1.82, 2.24) is 0 Å². The van der Waals surface area contributed by atoms with Gasteiger partial charge in [0.25, 0.3) is 5.69 Å². The van der Waals surface area contributed by atoms with E-state index in [9.17, 15) is 23.3 Å². The van der Waals surface area contributed by atoms with E-state index < -0.39 is 28.1 Å². The first-order valence-corrected chi connectivity index (χ1v) is 6.01. The molecule has 0 aliphatic rings. The summed E-state index contributed by atoms with van der Waals surface area (Å²) in [5.74, 6) is -2.27. The second kappa shape index (κ2) is 5.82. The van der Waals surface area contributed by atoms with Crippen molar-refractivity contribution in [3.05, 3.63) is 69.0 Å². The van der Waals surface area contributed by atoms with Crippen molar-refractivity contribution in [2.75, 3.05) is 5.32 Å². The molecule has 2 rings (SSSR count). The summed E-state index contributed by atoms with van der Waals surface area (Å²) in [6.07, 6.45) is 0. The molecule has 0 radical (unpaired) electrons. The van der Waals surface area contributed by atoms with Crippen molar-refractivity contribution in [3.8, 4) is 0 Å². The summed E-state index contributed by atoms with van der Waals surface area (Å²) < 4.78 is 40.5. The number of nitrogens with zero attached hydrogens (tertiary/aromatic N) is 1. The number of aryl methyl sites for hydroxylation is 1. The topological polar surface area (TPSA) is 55.2 Å². The molecule has 0 aromatic heterocycles. The highest BCUT2D eigenvalue weighted by Gasteiger charge is 2.16. The normalized spacial score (nSPS) is 10.5. The standard InChI is InChI=1S/C14H11F3N2O2/c1-8-2-4-11(16)14(13(8)17)18-7-9-6-10(15)3-5-12(9)19(20)21/h2-6,18H,7H2,1H3. The number of halogens is 3. The van der Waals surface area contributed by atoms with Crippen molar-refractivity contribution in [3.63, 3.8) is 0 Å². The van der Waals surface area contributed by atoms with Crippen LogP contribution >= 0.6 is 0 Å². The molecule has 0 amide bonds. The molecule has 21 heavy (non-hydrogen) atoms. The van der Waals surface area contributed by atoms with Gasteiger partial charge in [0.2, 0.25) is 0 Å². The van der Waals surface area contributed by atoms with Gasteiger partial charge in [0.1, 0.15) is 17.3 Å². The zero-order valence-electron chi connectivity index (χ0n) is 11.0. The van der Waals surface area contributed by atoms with E-state index in [2.05, 4.69) is 5.32 Å². The highest BCUT2D eigenvalue weighted by Crippen LogP contribution is 2.25. The summed E-state index contributed by atoms with van der Waals surface area (Å²) in [6, 6.07) is 5.28. The molecule has 7 heteroatoms. The smallest absolute Gasteiger partial charge is 0.274 e. The van der Waals surface area contributed by atoms with E-state index in [1.54, 1.807) is 0 Å². The molecule has 0 saturated carbocycles. The van der Waals surface area contributed by atoms with Crippen LogP contribution in [-0.2, 0) is 6.54 Å². The summed E-state index contributed by atoms with van der Waals surface area (Å²) in [5.41, 5.74) is -0.487. The molecule has 110 valence electrons. The minimum Gasteiger partial charge on any atom is -0.376 e. The van der Waals surface area contributed by atoms with Gasteiger partial charge >= 0.3 is 0 Å². The van der Waals surface area contributed by atoms with Gasteiger partial charge in [-0.25, -0.2) is 13.2 Å². The van der Waals surface area contributed by atoms with E-state index in [1.807, 2.05) is 0 Å². The molecule has 1 N–H and O–H groups in total. The molecule has 2 aromatic rings. The van der Waals surface area contributed by atoms with Gasteiger partial charge in [-0.05, 0) is 30.7 Å². The molecule has 0 spiro atoms. The Kier molecular flexibility index (Phi) is 4.11. The van der Waals surface area contributed by atoms with E-state index in [1.165, 1.54) is 13.0 Å². The number of benzene rings is 2. The van der Waals surface area contributed by atoms with E-state index in [0.29, 0.717) is 0 Å². The van der Waals surface area contributed by atoms with Crippen LogP contribution in [0, 0.1) is 34.5 Å². The molecule has 0 aliphatic heterocycles. The van der Waals surface area contributed by atoms with Gasteiger partial charge < -0.3 is 5.32 Å². The Hall–Kier alpha value is -2.57. The molecule has 0 bridgehead atoms. The third-order valence-electron chi connectivity index (χ3n) is 2.98. The highest BCUT2D eigenvalue weighted by atomic mass is 19.1. The number of rotatable bonds is 4. The minimum atomic E-state index is -0.822. The van der Waals surface area contributed by atoms with Gasteiger partial charge in [0, 0.05) is 12.6 Å². The van der Waals surface area contributed by atoms with Crippen LogP contribution in [0.3, 0.4) is 0 Å². The zero-order valence-corrected chi connectivity index (χ0v) is 11.0. The van der Waals surface area contributed by atoms with Crippen LogP contribution in [-0.4, -0.2) is 4.92 Å². The molecule has 0 heterocycles. The summed E-state index contributed by atoms with van der Waals surface area (Å²) >= 11 is 0. The van der Waals surface area contributed by atoms with Gasteiger partial charge in [0.05, 0.1) is 10.5 Å². The summed E-state index contributed by atoms with van der Waals surface area (Å²) in [7, 11) is 0. The Morgan fingerprint density at radius 2 is 1.90 bits per heavy atom. The Bertz CT molecular complexity index is 705. The van der Waals surface area contributed by atoms with Gasteiger partial charge in [-0.1, -0.05) is 6.07 Å². The van der Waals surface area contributed by atoms with Crippen LogP contribution in [0.15, 0.2) is 30.3 Å². The van der Waals surface area contributed by atoms with Crippen LogP contribution in [0.2, 0.25) is 0 Å². The average molecular weight is 296 g/mol. The number of hydrogen-bond acceptors (Lipinski definition) is 3. The van der Waals surface area contributed by atoms with Crippen molar-refractivity contribution in [2.45, 2.75) is 13.5 Å². The van der Waals surface area contributed by atoms with Crippen molar-refractivity contribution in [2.24, 2.45) is 0 Å². The third kappa shape index (κ3) is 3.13. The second-order valence-electron chi connectivity index (χ2n) is 4.44. The quantitative estimate of drug-likeness (QED) is 0.687. The fourth-order valence-corrected chi connectivity index (χ4v) is 1.88. The Balaban J connectivity index is 2.31. The van der Waals surface area contributed by atoms with E-state index in [0.717, 1.165) is 24.3 Å². The SMILES string of the molecule is Cc1ccc(F)c(NCc2cc(F)ccc2[N+](=O)[O-])c1F. The van der Waals surface area contributed by atoms with Gasteiger partial charge in [0.15, 0.2) is 5.82 Å². The molecule has 0 atom stereocenters. The van der Waals surface area contributed by atoms with E-state index in [4.69, 9.17) is 0 Å². The highest BCUT2D eigenvalue weighted by molar-refractivity contribution is 5.51. The number of anilines is 1. The zero-order chi connectivity index (χ0) is 15.6. The molecule has 4 nitrogen and oxygen atoms in total. The molecule has 0 fully saturated rings. The molecule has 0 saturated heterocycles. The number of nitro groups is 1. The molecule has 2 aromatic carbocycles. The number of nitro benzene ring substituents is 1. The summed E-state index contributed by atoms with van der Waals surface area (Å²) in [6.45, 7) is 1.19. The lowest BCUT2D eigenvalue weighted by molar-refractivity contribution is -0.385. The average Bonchev–Trinajstić information content (AvgIpc) is 2.43. The predicted octanol–water partition coefficient (Wildman–Crippen LogP) is 3.93. The van der Waals surface area contributed by atoms with Crippen LogP contribution < -0.4 is 5.32 Å². The van der Waals surface area contributed by atoms with Gasteiger partial charge in [-0.3, -0.25) is 10.1 Å². The third-order valence-corrected chi connectivity index (χ3v) is 2.98. The Morgan fingerprint density at radius 3 is 2.57 bits per heavy atom. The first-order valence-electron chi connectivity index (χ1n) is 6.01. The molecule has 0 unspecified atom stereocenters. The lowest BCUT2D eigenvalue weighted by Gasteiger charge is -2.10. The lowest BCUT2D eigenvalue weighted by atomic mass is 10.1. The molecule has 0 aliphatic carbocycles. The maximum atomic E-state index is 13.8. The number of nitrogens with one attached hydrogen (secondary N) is 1. The van der Waals surface area contributed by atoms with E-state index in [-0.39, 0.29) is 23.4 Å². The van der Waals surface area contributed by atoms with Gasteiger partial charge in [-0.2, -0.15) is 0 Å². The monoisotopic (exact) mass is 296 g/mol. The molecular formula is C14H11F3N2O2. The van der Waals surface area contributed by atoms with Crippen molar-refractivity contribution in [1.29, 1.82) is 0 Å². The predicted molar refractivity (Wildman–Crippen MR) is 71.5 cm³/mol. The fraction of sp³-hybridized carbons (Fsp3) is 0.143. The largest absolute Gasteiger partial charge is 0.376 e. The Morgan fingerprint density at radius 1 is 1.19 bits per heavy atom. The van der Waals surface area contributed by atoms with Crippen LogP contribution in [0.25, 0.3) is 0 Å². The summed E-state index contributed by atoms with van der Waals surface area (Å²) in [5, 5.41) is 13.3. The summed E-state index contributed by atoms with van der Waals surface area (Å²) in [4.78, 5) is 10.2. The van der Waals surface area contributed by atoms with Crippen molar-refractivity contribution >= 4 is 11.4 Å². The van der Waals surface area contributed by atoms with E-state index >= 15 is 0 Å². The van der Waals surface area contributed by atoms with Crippen LogP contribution in [0.4, 0.5) is 24.5 Å². The molecular weight excluding hydrogens is 285 g/mol. The lowest BCUT2D eigenvalue weighted by Crippen LogP contribution is -2.07. The fourth-order valence-electron chi connectivity index (χ4n) is 1.88. The first kappa shape index (κ1) is 14.8.